The number of carbonyl (C=O) groups excluding carboxylic acids is 2. The monoisotopic (exact) mass is 470 g/mol. The summed E-state index contributed by atoms with van der Waals surface area (Å²) in [5, 5.41) is 13.6. The van der Waals surface area contributed by atoms with Gasteiger partial charge in [-0.15, -0.1) is 0 Å². The van der Waals surface area contributed by atoms with Gasteiger partial charge < -0.3 is 19.5 Å². The summed E-state index contributed by atoms with van der Waals surface area (Å²) in [5.41, 5.74) is 0.128. The van der Waals surface area contributed by atoms with Crippen molar-refractivity contribution in [2.24, 2.45) is 0 Å². The molecule has 3 rings (SSSR count). The summed E-state index contributed by atoms with van der Waals surface area (Å²) < 4.78 is 16.0. The SMILES string of the molecule is CC(C)(C)OC(=O)NC[C@]1(c2ccccc2)CC[C@@H](OC(=O)Oc2ccc([N+](=O)[O-])cc2)CC1. The summed E-state index contributed by atoms with van der Waals surface area (Å²) in [5.74, 6) is 0.173. The van der Waals surface area contributed by atoms with Gasteiger partial charge >= 0.3 is 12.2 Å². The van der Waals surface area contributed by atoms with Gasteiger partial charge in [0.1, 0.15) is 17.5 Å². The third-order valence-electron chi connectivity index (χ3n) is 5.76. The average molecular weight is 471 g/mol. The Kier molecular flexibility index (Phi) is 7.75. The van der Waals surface area contributed by atoms with Gasteiger partial charge in [0.25, 0.3) is 5.69 Å². The number of nitro groups is 1. The summed E-state index contributed by atoms with van der Waals surface area (Å²) in [7, 11) is 0. The molecule has 0 aliphatic heterocycles. The topological polar surface area (TPSA) is 117 Å². The third kappa shape index (κ3) is 6.94. The number of non-ortho nitro benzene ring substituents is 1. The molecule has 0 atom stereocenters. The van der Waals surface area contributed by atoms with E-state index in [-0.39, 0.29) is 23.0 Å². The lowest BCUT2D eigenvalue weighted by Crippen LogP contribution is -2.46. The van der Waals surface area contributed by atoms with Gasteiger partial charge in [-0.05, 0) is 64.2 Å². The van der Waals surface area contributed by atoms with E-state index >= 15 is 0 Å². The van der Waals surface area contributed by atoms with Crippen LogP contribution in [0.3, 0.4) is 0 Å². The van der Waals surface area contributed by atoms with Crippen molar-refractivity contribution in [3.8, 4) is 5.75 Å². The lowest BCUT2D eigenvalue weighted by Gasteiger charge is -2.40. The standard InChI is InChI=1S/C25H30N2O7/c1-24(2,3)34-22(28)26-17-25(18-7-5-4-6-8-18)15-13-21(14-16-25)33-23(29)32-20-11-9-19(10-12-20)27(30)31/h4-12,21H,13-17H2,1-3H3,(H,26,28)/t21-,25+. The maximum Gasteiger partial charge on any atom is 0.514 e. The van der Waals surface area contributed by atoms with Gasteiger partial charge in [0.15, 0.2) is 0 Å². The van der Waals surface area contributed by atoms with Crippen LogP contribution in [0.2, 0.25) is 0 Å². The first-order valence-electron chi connectivity index (χ1n) is 11.2. The molecule has 1 amide bonds. The lowest BCUT2D eigenvalue weighted by molar-refractivity contribution is -0.384. The van der Waals surface area contributed by atoms with Crippen molar-refractivity contribution in [1.82, 2.24) is 5.32 Å². The Labute approximate surface area is 198 Å². The molecule has 1 fully saturated rings. The number of ether oxygens (including phenoxy) is 3. The molecule has 182 valence electrons. The van der Waals surface area contributed by atoms with Crippen molar-refractivity contribution in [1.29, 1.82) is 0 Å². The zero-order valence-electron chi connectivity index (χ0n) is 19.6. The summed E-state index contributed by atoms with van der Waals surface area (Å²) in [4.78, 5) is 34.7. The van der Waals surface area contributed by atoms with Gasteiger partial charge in [0.2, 0.25) is 0 Å². The van der Waals surface area contributed by atoms with E-state index in [1.165, 1.54) is 24.3 Å². The van der Waals surface area contributed by atoms with E-state index in [4.69, 9.17) is 14.2 Å². The number of benzene rings is 2. The molecule has 0 heterocycles. The molecule has 9 heteroatoms. The van der Waals surface area contributed by atoms with Gasteiger partial charge in [-0.2, -0.15) is 0 Å². The number of rotatable bonds is 6. The van der Waals surface area contributed by atoms with E-state index in [1.807, 2.05) is 51.1 Å². The highest BCUT2D eigenvalue weighted by molar-refractivity contribution is 5.68. The molecule has 1 aliphatic rings. The number of alkyl carbamates (subject to hydrolysis) is 1. The van der Waals surface area contributed by atoms with Crippen LogP contribution in [0.25, 0.3) is 0 Å². The van der Waals surface area contributed by atoms with Crippen LogP contribution in [0.15, 0.2) is 54.6 Å². The number of hydrogen-bond acceptors (Lipinski definition) is 7. The van der Waals surface area contributed by atoms with Crippen LogP contribution in [0, 0.1) is 10.1 Å². The first-order chi connectivity index (χ1) is 16.1. The molecule has 0 radical (unpaired) electrons. The number of nitrogens with zero attached hydrogens (tertiary/aromatic N) is 1. The number of carbonyl (C=O) groups is 2. The molecule has 0 spiro atoms. The van der Waals surface area contributed by atoms with Crippen molar-refractivity contribution >= 4 is 17.9 Å². The van der Waals surface area contributed by atoms with Gasteiger partial charge in [-0.1, -0.05) is 30.3 Å². The summed E-state index contributed by atoms with van der Waals surface area (Å²) in [6.07, 6.45) is 0.945. The number of nitrogens with one attached hydrogen (secondary N) is 1. The number of hydrogen-bond donors (Lipinski definition) is 1. The van der Waals surface area contributed by atoms with Crippen LogP contribution in [-0.2, 0) is 14.9 Å². The molecule has 0 saturated heterocycles. The molecule has 1 N–H and O–H groups in total. The molecule has 2 aromatic carbocycles. The second kappa shape index (κ2) is 10.5. The van der Waals surface area contributed by atoms with Crippen molar-refractivity contribution in [2.45, 2.75) is 63.6 Å². The minimum Gasteiger partial charge on any atom is -0.444 e. The highest BCUT2D eigenvalue weighted by atomic mass is 16.7. The predicted molar refractivity (Wildman–Crippen MR) is 125 cm³/mol. The minimum atomic E-state index is -0.849. The van der Waals surface area contributed by atoms with E-state index in [2.05, 4.69) is 5.32 Å². The quantitative estimate of drug-likeness (QED) is 0.256. The molecule has 2 aromatic rings. The maximum absolute atomic E-state index is 12.3. The highest BCUT2D eigenvalue weighted by Crippen LogP contribution is 2.40. The fourth-order valence-electron chi connectivity index (χ4n) is 4.07. The normalized spacial score (nSPS) is 20.1. The Morgan fingerprint density at radius 2 is 1.68 bits per heavy atom. The van der Waals surface area contributed by atoms with Gasteiger partial charge in [-0.3, -0.25) is 10.1 Å². The lowest BCUT2D eigenvalue weighted by atomic mass is 9.68. The Balaban J connectivity index is 1.59. The maximum atomic E-state index is 12.3. The second-order valence-electron chi connectivity index (χ2n) is 9.42. The van der Waals surface area contributed by atoms with E-state index < -0.39 is 22.8 Å². The highest BCUT2D eigenvalue weighted by Gasteiger charge is 2.39. The molecule has 9 nitrogen and oxygen atoms in total. The molecule has 0 unspecified atom stereocenters. The van der Waals surface area contributed by atoms with E-state index in [0.717, 1.165) is 5.56 Å². The average Bonchev–Trinajstić information content (AvgIpc) is 2.78. The fraction of sp³-hybridized carbons (Fsp3) is 0.440. The van der Waals surface area contributed by atoms with Crippen molar-refractivity contribution in [3.63, 3.8) is 0 Å². The van der Waals surface area contributed by atoms with Crippen LogP contribution in [0.1, 0.15) is 52.0 Å². The zero-order chi connectivity index (χ0) is 24.8. The first kappa shape index (κ1) is 25.0. The predicted octanol–water partition coefficient (Wildman–Crippen LogP) is 5.52. The van der Waals surface area contributed by atoms with Crippen LogP contribution >= 0.6 is 0 Å². The number of nitro benzene ring substituents is 1. The van der Waals surface area contributed by atoms with Crippen LogP contribution in [0.5, 0.6) is 5.75 Å². The van der Waals surface area contributed by atoms with Crippen molar-refractivity contribution < 1.29 is 28.7 Å². The third-order valence-corrected chi connectivity index (χ3v) is 5.76. The van der Waals surface area contributed by atoms with Gasteiger partial charge in [-0.25, -0.2) is 9.59 Å². The zero-order valence-corrected chi connectivity index (χ0v) is 19.6. The van der Waals surface area contributed by atoms with E-state index in [9.17, 15) is 19.7 Å². The molecule has 1 saturated carbocycles. The Morgan fingerprint density at radius 1 is 1.06 bits per heavy atom. The summed E-state index contributed by atoms with van der Waals surface area (Å²) in [6, 6.07) is 15.2. The van der Waals surface area contributed by atoms with Crippen LogP contribution in [0.4, 0.5) is 15.3 Å². The second-order valence-corrected chi connectivity index (χ2v) is 9.42. The van der Waals surface area contributed by atoms with Gasteiger partial charge in [0, 0.05) is 24.1 Å². The van der Waals surface area contributed by atoms with Crippen LogP contribution in [-0.4, -0.2) is 35.4 Å². The largest absolute Gasteiger partial charge is 0.514 e. The Bertz CT molecular complexity index is 992. The molecule has 1 aliphatic carbocycles. The number of amides is 1. The van der Waals surface area contributed by atoms with Gasteiger partial charge in [0.05, 0.1) is 4.92 Å². The van der Waals surface area contributed by atoms with E-state index in [1.54, 1.807) is 0 Å². The Hall–Kier alpha value is -3.62. The van der Waals surface area contributed by atoms with Crippen molar-refractivity contribution in [3.05, 3.63) is 70.3 Å². The Morgan fingerprint density at radius 3 is 2.24 bits per heavy atom. The minimum absolute atomic E-state index is 0.0924. The molecule has 34 heavy (non-hydrogen) atoms. The molecule has 0 aromatic heterocycles. The fourth-order valence-corrected chi connectivity index (χ4v) is 4.07. The molecular formula is C25H30N2O7. The summed E-state index contributed by atoms with van der Waals surface area (Å²) >= 11 is 0. The van der Waals surface area contributed by atoms with E-state index in [0.29, 0.717) is 32.2 Å². The smallest absolute Gasteiger partial charge is 0.444 e. The molecular weight excluding hydrogens is 440 g/mol. The van der Waals surface area contributed by atoms with Crippen molar-refractivity contribution in [2.75, 3.05) is 6.54 Å². The first-order valence-corrected chi connectivity index (χ1v) is 11.2. The van der Waals surface area contributed by atoms with Crippen LogP contribution < -0.4 is 10.1 Å². The summed E-state index contributed by atoms with van der Waals surface area (Å²) in [6.45, 7) is 5.86. The molecule has 0 bridgehead atoms.